The summed E-state index contributed by atoms with van der Waals surface area (Å²) in [6, 6.07) is 15.2. The lowest BCUT2D eigenvalue weighted by Gasteiger charge is -2.16. The lowest BCUT2D eigenvalue weighted by molar-refractivity contribution is 0.219. The van der Waals surface area contributed by atoms with Crippen molar-refractivity contribution in [3.63, 3.8) is 0 Å². The molecule has 0 bridgehead atoms. The molecule has 2 aromatic carbocycles. The molecule has 0 saturated carbocycles. The number of benzene rings is 2. The molecule has 1 atom stereocenters. The van der Waals surface area contributed by atoms with E-state index >= 15 is 0 Å². The van der Waals surface area contributed by atoms with Crippen LogP contribution in [-0.4, -0.2) is 12.2 Å². The maximum Gasteiger partial charge on any atom is 0.104 e. The molecular weight excluding hydrogens is 246 g/mol. The summed E-state index contributed by atoms with van der Waals surface area (Å²) >= 11 is 6.02. The van der Waals surface area contributed by atoms with Crippen molar-refractivity contribution in [2.24, 2.45) is 0 Å². The van der Waals surface area contributed by atoms with Gasteiger partial charge in [0.25, 0.3) is 0 Å². The molecule has 0 aromatic heterocycles. The molecule has 0 radical (unpaired) electrons. The smallest absolute Gasteiger partial charge is 0.104 e. The molecule has 0 spiro atoms. The van der Waals surface area contributed by atoms with E-state index in [2.05, 4.69) is 5.32 Å². The summed E-state index contributed by atoms with van der Waals surface area (Å²) in [4.78, 5) is 0. The summed E-state index contributed by atoms with van der Waals surface area (Å²) in [5.74, 6) is 0. The van der Waals surface area contributed by atoms with Crippen LogP contribution < -0.4 is 5.32 Å². The molecule has 2 rings (SSSR count). The molecule has 0 aliphatic carbocycles. The van der Waals surface area contributed by atoms with Crippen molar-refractivity contribution < 1.29 is 5.11 Å². The molecule has 0 aliphatic rings. The van der Waals surface area contributed by atoms with Crippen molar-refractivity contribution in [3.8, 4) is 0 Å². The largest absolute Gasteiger partial charge is 0.384 e. The third kappa shape index (κ3) is 2.91. The van der Waals surface area contributed by atoms with E-state index in [1.54, 1.807) is 0 Å². The Morgan fingerprint density at radius 1 is 1.17 bits per heavy atom. The quantitative estimate of drug-likeness (QED) is 0.886. The number of halogens is 1. The van der Waals surface area contributed by atoms with E-state index in [4.69, 9.17) is 11.6 Å². The molecule has 2 N–H and O–H groups in total. The Bertz CT molecular complexity index is 513. The molecule has 0 aliphatic heterocycles. The van der Waals surface area contributed by atoms with E-state index in [1.165, 1.54) is 0 Å². The highest BCUT2D eigenvalue weighted by Crippen LogP contribution is 2.27. The fourth-order valence-corrected chi connectivity index (χ4v) is 2.17. The van der Waals surface area contributed by atoms with Crippen LogP contribution in [0.2, 0.25) is 5.02 Å². The normalized spacial score (nSPS) is 12.4. The lowest BCUT2D eigenvalue weighted by atomic mass is 9.97. The molecular formula is C15H16ClNO. The van der Waals surface area contributed by atoms with Crippen molar-refractivity contribution in [2.45, 2.75) is 12.6 Å². The zero-order valence-electron chi connectivity index (χ0n) is 10.2. The van der Waals surface area contributed by atoms with Gasteiger partial charge in [0.05, 0.1) is 0 Å². The average molecular weight is 262 g/mol. The van der Waals surface area contributed by atoms with E-state index in [1.807, 2.05) is 55.6 Å². The van der Waals surface area contributed by atoms with Crippen LogP contribution in [0.25, 0.3) is 0 Å². The minimum atomic E-state index is -0.645. The van der Waals surface area contributed by atoms with Gasteiger partial charge < -0.3 is 10.4 Å². The molecule has 2 aromatic rings. The minimum Gasteiger partial charge on any atom is -0.384 e. The van der Waals surface area contributed by atoms with Crippen LogP contribution in [0, 0.1) is 0 Å². The Kier molecular flexibility index (Phi) is 4.37. The van der Waals surface area contributed by atoms with Crippen LogP contribution >= 0.6 is 11.6 Å². The second-order valence-electron chi connectivity index (χ2n) is 4.19. The molecule has 0 amide bonds. The lowest BCUT2D eigenvalue weighted by Crippen LogP contribution is -2.10. The van der Waals surface area contributed by atoms with Crippen LogP contribution in [-0.2, 0) is 6.54 Å². The Morgan fingerprint density at radius 2 is 1.89 bits per heavy atom. The van der Waals surface area contributed by atoms with Gasteiger partial charge in [-0.05, 0) is 35.9 Å². The Morgan fingerprint density at radius 3 is 2.56 bits per heavy atom. The van der Waals surface area contributed by atoms with Gasteiger partial charge in [-0.2, -0.15) is 0 Å². The summed E-state index contributed by atoms with van der Waals surface area (Å²) in [6.45, 7) is 0.705. The summed E-state index contributed by atoms with van der Waals surface area (Å²) in [7, 11) is 1.88. The highest BCUT2D eigenvalue weighted by atomic mass is 35.5. The summed E-state index contributed by atoms with van der Waals surface area (Å²) < 4.78 is 0. The number of hydrogen-bond donors (Lipinski definition) is 2. The first-order valence-electron chi connectivity index (χ1n) is 5.88. The monoisotopic (exact) mass is 261 g/mol. The fourth-order valence-electron chi connectivity index (χ4n) is 1.99. The van der Waals surface area contributed by atoms with Gasteiger partial charge in [-0.15, -0.1) is 0 Å². The van der Waals surface area contributed by atoms with E-state index in [9.17, 15) is 5.11 Å². The molecule has 18 heavy (non-hydrogen) atoms. The number of rotatable bonds is 4. The van der Waals surface area contributed by atoms with Gasteiger partial charge in [-0.3, -0.25) is 0 Å². The molecule has 0 saturated heterocycles. The molecule has 3 heteroatoms. The predicted octanol–water partition coefficient (Wildman–Crippen LogP) is 3.14. The Labute approximate surface area is 112 Å². The van der Waals surface area contributed by atoms with Crippen molar-refractivity contribution in [2.75, 3.05) is 7.05 Å². The minimum absolute atomic E-state index is 0.639. The van der Waals surface area contributed by atoms with Crippen LogP contribution in [0.4, 0.5) is 0 Å². The first-order valence-corrected chi connectivity index (χ1v) is 6.26. The van der Waals surface area contributed by atoms with Gasteiger partial charge in [-0.1, -0.05) is 48.0 Å². The standard InChI is InChI=1S/C15H16ClNO/c1-17-10-12-7-8-13(16)9-14(12)15(18)11-5-3-2-4-6-11/h2-9,15,17-18H,10H2,1H3/t15-/m1/s1. The van der Waals surface area contributed by atoms with Gasteiger partial charge >= 0.3 is 0 Å². The molecule has 2 nitrogen and oxygen atoms in total. The molecule has 0 fully saturated rings. The number of hydrogen-bond acceptors (Lipinski definition) is 2. The summed E-state index contributed by atoms with van der Waals surface area (Å²) in [5, 5.41) is 14.2. The Balaban J connectivity index is 2.40. The van der Waals surface area contributed by atoms with Gasteiger partial charge in [0.1, 0.15) is 6.10 Å². The van der Waals surface area contributed by atoms with E-state index in [0.29, 0.717) is 11.6 Å². The van der Waals surface area contributed by atoms with Gasteiger partial charge in [0.2, 0.25) is 0 Å². The molecule has 0 unspecified atom stereocenters. The zero-order chi connectivity index (χ0) is 13.0. The van der Waals surface area contributed by atoms with E-state index < -0.39 is 6.10 Å². The fraction of sp³-hybridized carbons (Fsp3) is 0.200. The second-order valence-corrected chi connectivity index (χ2v) is 4.62. The van der Waals surface area contributed by atoms with Gasteiger partial charge in [0.15, 0.2) is 0 Å². The van der Waals surface area contributed by atoms with Crippen molar-refractivity contribution in [3.05, 3.63) is 70.2 Å². The third-order valence-corrected chi connectivity index (χ3v) is 3.12. The van der Waals surface area contributed by atoms with Crippen molar-refractivity contribution in [1.29, 1.82) is 0 Å². The van der Waals surface area contributed by atoms with Crippen LogP contribution in [0.1, 0.15) is 22.8 Å². The first kappa shape index (κ1) is 13.1. The summed E-state index contributed by atoms with van der Waals surface area (Å²) in [6.07, 6.45) is -0.645. The van der Waals surface area contributed by atoms with Crippen molar-refractivity contribution >= 4 is 11.6 Å². The number of aliphatic hydroxyl groups excluding tert-OH is 1. The highest BCUT2D eigenvalue weighted by molar-refractivity contribution is 6.30. The highest BCUT2D eigenvalue weighted by Gasteiger charge is 2.14. The van der Waals surface area contributed by atoms with E-state index in [-0.39, 0.29) is 0 Å². The Hall–Kier alpha value is -1.35. The first-order chi connectivity index (χ1) is 8.72. The molecule has 0 heterocycles. The maximum absolute atomic E-state index is 10.4. The average Bonchev–Trinajstić information content (AvgIpc) is 2.41. The molecule has 94 valence electrons. The second kappa shape index (κ2) is 6.01. The third-order valence-electron chi connectivity index (χ3n) is 2.89. The van der Waals surface area contributed by atoms with E-state index in [0.717, 1.165) is 16.7 Å². The van der Waals surface area contributed by atoms with Crippen LogP contribution in [0.15, 0.2) is 48.5 Å². The van der Waals surface area contributed by atoms with Crippen molar-refractivity contribution in [1.82, 2.24) is 5.32 Å². The van der Waals surface area contributed by atoms with Crippen LogP contribution in [0.3, 0.4) is 0 Å². The van der Waals surface area contributed by atoms with Gasteiger partial charge in [-0.25, -0.2) is 0 Å². The predicted molar refractivity (Wildman–Crippen MR) is 74.7 cm³/mol. The maximum atomic E-state index is 10.4. The number of aliphatic hydroxyl groups is 1. The SMILES string of the molecule is CNCc1ccc(Cl)cc1[C@H](O)c1ccccc1. The van der Waals surface area contributed by atoms with Gasteiger partial charge in [0, 0.05) is 11.6 Å². The zero-order valence-corrected chi connectivity index (χ0v) is 11.0. The summed E-state index contributed by atoms with van der Waals surface area (Å²) in [5.41, 5.74) is 2.78. The topological polar surface area (TPSA) is 32.3 Å². The number of nitrogens with one attached hydrogen (secondary N) is 1. The van der Waals surface area contributed by atoms with Crippen LogP contribution in [0.5, 0.6) is 0 Å².